The quantitative estimate of drug-likeness (QED) is 0.748. The maximum atomic E-state index is 12.3. The highest BCUT2D eigenvalue weighted by Crippen LogP contribution is 2.36. The number of amides is 1. The summed E-state index contributed by atoms with van der Waals surface area (Å²) < 4.78 is 10.4. The number of halogens is 1. The van der Waals surface area contributed by atoms with E-state index < -0.39 is 0 Å². The summed E-state index contributed by atoms with van der Waals surface area (Å²) in [4.78, 5) is 20.5. The van der Waals surface area contributed by atoms with Crippen LogP contribution in [0.2, 0.25) is 5.02 Å². The number of carbonyl (C=O) groups is 1. The lowest BCUT2D eigenvalue weighted by Gasteiger charge is -2.13. The fourth-order valence-corrected chi connectivity index (χ4v) is 2.08. The molecule has 0 radical (unpaired) electrons. The molecular weight excluding hydrogens is 332 g/mol. The van der Waals surface area contributed by atoms with Gasteiger partial charge in [-0.2, -0.15) is 0 Å². The Morgan fingerprint density at radius 2 is 1.92 bits per heavy atom. The summed E-state index contributed by atoms with van der Waals surface area (Å²) in [5.41, 5.74) is 0.729. The van der Waals surface area contributed by atoms with Crippen LogP contribution in [0.15, 0.2) is 37.2 Å². The molecule has 8 heteroatoms. The van der Waals surface area contributed by atoms with Crippen LogP contribution in [-0.4, -0.2) is 36.6 Å². The van der Waals surface area contributed by atoms with Crippen molar-refractivity contribution in [3.8, 4) is 11.5 Å². The molecule has 24 heavy (non-hydrogen) atoms. The van der Waals surface area contributed by atoms with Gasteiger partial charge in [-0.15, -0.1) is 6.58 Å². The Balaban J connectivity index is 2.18. The molecule has 1 aromatic heterocycles. The number of hydrogen-bond acceptors (Lipinski definition) is 6. The van der Waals surface area contributed by atoms with Crippen LogP contribution in [0.5, 0.6) is 11.5 Å². The van der Waals surface area contributed by atoms with Crippen molar-refractivity contribution in [2.24, 2.45) is 0 Å². The van der Waals surface area contributed by atoms with Gasteiger partial charge in [0.05, 0.1) is 30.5 Å². The topological polar surface area (TPSA) is 85.4 Å². The zero-order chi connectivity index (χ0) is 17.5. The average molecular weight is 349 g/mol. The third-order valence-electron chi connectivity index (χ3n) is 3.04. The van der Waals surface area contributed by atoms with E-state index in [4.69, 9.17) is 21.1 Å². The molecule has 0 bridgehead atoms. The summed E-state index contributed by atoms with van der Waals surface area (Å²) in [7, 11) is 2.97. The SMILES string of the molecule is C=CCNc1ncc(C(=O)Nc2cc(OC)c(Cl)cc2OC)cn1. The van der Waals surface area contributed by atoms with E-state index in [0.717, 1.165) is 0 Å². The van der Waals surface area contributed by atoms with Crippen LogP contribution in [0.1, 0.15) is 10.4 Å². The number of carbonyl (C=O) groups excluding carboxylic acids is 1. The van der Waals surface area contributed by atoms with Crippen LogP contribution in [-0.2, 0) is 0 Å². The Hall–Kier alpha value is -2.80. The van der Waals surface area contributed by atoms with Crippen LogP contribution in [0.3, 0.4) is 0 Å². The Bertz CT molecular complexity index is 735. The van der Waals surface area contributed by atoms with Gasteiger partial charge >= 0.3 is 0 Å². The standard InChI is InChI=1S/C16H17ClN4O3/c1-4-5-18-16-19-8-10(9-20-16)15(22)21-12-7-13(23-2)11(17)6-14(12)24-3/h4,6-9H,1,5H2,2-3H3,(H,21,22)(H,18,19,20). The average Bonchev–Trinajstić information content (AvgIpc) is 2.61. The molecule has 0 aliphatic heterocycles. The molecule has 0 aliphatic rings. The number of nitrogens with one attached hydrogen (secondary N) is 2. The predicted molar refractivity (Wildman–Crippen MR) is 93.2 cm³/mol. The zero-order valence-corrected chi connectivity index (χ0v) is 14.1. The first-order chi connectivity index (χ1) is 11.6. The molecular formula is C16H17ClN4O3. The summed E-state index contributed by atoms with van der Waals surface area (Å²) in [6, 6.07) is 3.15. The molecule has 126 valence electrons. The van der Waals surface area contributed by atoms with Crippen LogP contribution < -0.4 is 20.1 Å². The lowest BCUT2D eigenvalue weighted by atomic mass is 10.2. The molecule has 0 fully saturated rings. The van der Waals surface area contributed by atoms with Crippen molar-refractivity contribution < 1.29 is 14.3 Å². The molecule has 0 saturated heterocycles. The fraction of sp³-hybridized carbons (Fsp3) is 0.188. The van der Waals surface area contributed by atoms with E-state index in [9.17, 15) is 4.79 Å². The molecule has 2 aromatic rings. The van der Waals surface area contributed by atoms with Gasteiger partial charge in [0.15, 0.2) is 0 Å². The molecule has 2 N–H and O–H groups in total. The van der Waals surface area contributed by atoms with Gasteiger partial charge in [0, 0.05) is 31.1 Å². The number of benzene rings is 1. The molecule has 7 nitrogen and oxygen atoms in total. The Morgan fingerprint density at radius 1 is 1.25 bits per heavy atom. The zero-order valence-electron chi connectivity index (χ0n) is 13.3. The number of nitrogens with zero attached hydrogens (tertiary/aromatic N) is 2. The van der Waals surface area contributed by atoms with Gasteiger partial charge < -0.3 is 20.1 Å². The van der Waals surface area contributed by atoms with Gasteiger partial charge in [-0.1, -0.05) is 17.7 Å². The van der Waals surface area contributed by atoms with Crippen LogP contribution in [0, 0.1) is 0 Å². The first-order valence-electron chi connectivity index (χ1n) is 6.98. The monoisotopic (exact) mass is 348 g/mol. The third-order valence-corrected chi connectivity index (χ3v) is 3.34. The highest BCUT2D eigenvalue weighted by molar-refractivity contribution is 6.32. The highest BCUT2D eigenvalue weighted by atomic mass is 35.5. The summed E-state index contributed by atoms with van der Waals surface area (Å²) >= 11 is 6.04. The van der Waals surface area contributed by atoms with E-state index in [0.29, 0.717) is 40.3 Å². The maximum Gasteiger partial charge on any atom is 0.258 e. The Labute approximate surface area is 144 Å². The number of anilines is 2. The smallest absolute Gasteiger partial charge is 0.258 e. The molecule has 0 atom stereocenters. The lowest BCUT2D eigenvalue weighted by molar-refractivity contribution is 0.102. The highest BCUT2D eigenvalue weighted by Gasteiger charge is 2.14. The van der Waals surface area contributed by atoms with E-state index in [-0.39, 0.29) is 5.91 Å². The first-order valence-corrected chi connectivity index (χ1v) is 7.36. The van der Waals surface area contributed by atoms with Crippen LogP contribution in [0.25, 0.3) is 0 Å². The van der Waals surface area contributed by atoms with Gasteiger partial charge in [-0.3, -0.25) is 4.79 Å². The second-order valence-corrected chi connectivity index (χ2v) is 5.01. The van der Waals surface area contributed by atoms with Crippen molar-refractivity contribution in [1.29, 1.82) is 0 Å². The molecule has 2 rings (SSSR count). The normalized spacial score (nSPS) is 9.96. The van der Waals surface area contributed by atoms with E-state index in [2.05, 4.69) is 27.2 Å². The minimum absolute atomic E-state index is 0.301. The second-order valence-electron chi connectivity index (χ2n) is 4.61. The largest absolute Gasteiger partial charge is 0.495 e. The number of rotatable bonds is 7. The maximum absolute atomic E-state index is 12.3. The molecule has 0 unspecified atom stereocenters. The molecule has 1 heterocycles. The third kappa shape index (κ3) is 4.14. The van der Waals surface area contributed by atoms with E-state index in [1.54, 1.807) is 18.2 Å². The van der Waals surface area contributed by atoms with Crippen LogP contribution >= 0.6 is 11.6 Å². The number of aromatic nitrogens is 2. The molecule has 0 saturated carbocycles. The minimum atomic E-state index is -0.382. The van der Waals surface area contributed by atoms with E-state index in [1.165, 1.54) is 26.6 Å². The summed E-state index contributed by atoms with van der Waals surface area (Å²) in [5, 5.41) is 6.03. The van der Waals surface area contributed by atoms with Gasteiger partial charge in [-0.05, 0) is 0 Å². The Kier molecular flexibility index (Phi) is 5.97. The molecule has 0 spiro atoms. The van der Waals surface area contributed by atoms with Gasteiger partial charge in [0.25, 0.3) is 5.91 Å². The Morgan fingerprint density at radius 3 is 2.50 bits per heavy atom. The van der Waals surface area contributed by atoms with E-state index in [1.807, 2.05) is 0 Å². The van der Waals surface area contributed by atoms with Crippen molar-refractivity contribution in [2.45, 2.75) is 0 Å². The molecule has 1 aromatic carbocycles. The van der Waals surface area contributed by atoms with Gasteiger partial charge in [-0.25, -0.2) is 9.97 Å². The summed E-state index contributed by atoms with van der Waals surface area (Å²) in [5.74, 6) is 0.873. The van der Waals surface area contributed by atoms with Crippen molar-refractivity contribution in [3.05, 3.63) is 47.8 Å². The number of methoxy groups -OCH3 is 2. The van der Waals surface area contributed by atoms with Gasteiger partial charge in [0.1, 0.15) is 11.5 Å². The van der Waals surface area contributed by atoms with Crippen molar-refractivity contribution in [3.63, 3.8) is 0 Å². The fourth-order valence-electron chi connectivity index (χ4n) is 1.85. The van der Waals surface area contributed by atoms with Gasteiger partial charge in [0.2, 0.25) is 5.95 Å². The first kappa shape index (κ1) is 17.6. The number of hydrogen-bond donors (Lipinski definition) is 2. The predicted octanol–water partition coefficient (Wildman–Crippen LogP) is 3.00. The summed E-state index contributed by atoms with van der Waals surface area (Å²) in [6.45, 7) is 4.13. The minimum Gasteiger partial charge on any atom is -0.495 e. The number of ether oxygens (including phenoxy) is 2. The van der Waals surface area contributed by atoms with Crippen LogP contribution in [0.4, 0.5) is 11.6 Å². The van der Waals surface area contributed by atoms with Crippen molar-refractivity contribution in [2.75, 3.05) is 31.4 Å². The molecule has 0 aliphatic carbocycles. The van der Waals surface area contributed by atoms with Crippen molar-refractivity contribution >= 4 is 29.1 Å². The lowest BCUT2D eigenvalue weighted by Crippen LogP contribution is -2.14. The summed E-state index contributed by atoms with van der Waals surface area (Å²) in [6.07, 6.45) is 4.53. The molecule has 1 amide bonds. The second kappa shape index (κ2) is 8.16. The van der Waals surface area contributed by atoms with E-state index >= 15 is 0 Å². The van der Waals surface area contributed by atoms with Crippen molar-refractivity contribution in [1.82, 2.24) is 9.97 Å².